The molecule has 0 fully saturated rings. The van der Waals surface area contributed by atoms with Gasteiger partial charge in [0.15, 0.2) is 0 Å². The molecule has 0 aliphatic heterocycles. The van der Waals surface area contributed by atoms with Crippen LogP contribution in [-0.4, -0.2) is 24.5 Å². The molecule has 0 unspecified atom stereocenters. The highest BCUT2D eigenvalue weighted by molar-refractivity contribution is 7.17. The summed E-state index contributed by atoms with van der Waals surface area (Å²) in [5, 5.41) is 13.9. The van der Waals surface area contributed by atoms with Crippen LogP contribution in [0.4, 0.5) is 5.00 Å². The number of aryl methyl sites for hydroxylation is 1. The van der Waals surface area contributed by atoms with Crippen molar-refractivity contribution in [3.8, 4) is 0 Å². The Balaban J connectivity index is 2.28. The van der Waals surface area contributed by atoms with Crippen LogP contribution in [0.1, 0.15) is 98.4 Å². The van der Waals surface area contributed by atoms with Crippen molar-refractivity contribution in [2.45, 2.75) is 90.4 Å². The number of carbonyl (C=O) groups is 3. The average Bonchev–Trinajstić information content (AvgIpc) is 3.01. The second kappa shape index (κ2) is 12.6. The minimum Gasteiger partial charge on any atom is -0.550 e. The number of carboxylic acids is 1. The molecule has 1 heterocycles. The molecule has 1 amide bonds. The second-order valence-corrected chi connectivity index (χ2v) is 8.70. The second-order valence-electron chi connectivity index (χ2n) is 7.59. The molecule has 29 heavy (non-hydrogen) atoms. The molecule has 1 aromatic rings. The minimum atomic E-state index is -1.26. The number of hydrogen-bond donors (Lipinski definition) is 1. The minimum absolute atomic E-state index is 0.172. The summed E-state index contributed by atoms with van der Waals surface area (Å²) in [6.07, 6.45) is 11.3. The van der Waals surface area contributed by atoms with Crippen LogP contribution in [0.5, 0.6) is 0 Å². The van der Waals surface area contributed by atoms with Gasteiger partial charge >= 0.3 is 5.97 Å². The Kier molecular flexibility index (Phi) is 10.2. The van der Waals surface area contributed by atoms with Crippen LogP contribution in [0.3, 0.4) is 0 Å². The molecule has 0 radical (unpaired) electrons. The number of aliphatic carboxylic acids is 1. The van der Waals surface area contributed by atoms with Gasteiger partial charge in [-0.05, 0) is 44.1 Å². The van der Waals surface area contributed by atoms with Crippen molar-refractivity contribution < 1.29 is 24.2 Å². The molecule has 1 aromatic heterocycles. The molecule has 0 spiro atoms. The van der Waals surface area contributed by atoms with E-state index in [0.29, 0.717) is 17.2 Å². The van der Waals surface area contributed by atoms with Crippen molar-refractivity contribution in [3.63, 3.8) is 0 Å². The Labute approximate surface area is 177 Å². The van der Waals surface area contributed by atoms with Gasteiger partial charge in [-0.15, -0.1) is 11.3 Å². The number of carbonyl (C=O) groups excluding carboxylic acids is 3. The van der Waals surface area contributed by atoms with Gasteiger partial charge in [-0.25, -0.2) is 4.79 Å². The number of amides is 1. The van der Waals surface area contributed by atoms with Gasteiger partial charge < -0.3 is 20.0 Å². The number of hydrogen-bond acceptors (Lipinski definition) is 6. The topological polar surface area (TPSA) is 95.5 Å². The lowest BCUT2D eigenvalue weighted by molar-refractivity contribution is -0.305. The lowest BCUT2D eigenvalue weighted by atomic mass is 9.97. The Morgan fingerprint density at radius 2 is 1.59 bits per heavy atom. The Morgan fingerprint density at radius 3 is 2.21 bits per heavy atom. The molecule has 0 atom stereocenters. The van der Waals surface area contributed by atoms with Gasteiger partial charge in [0.05, 0.1) is 12.2 Å². The first-order valence-corrected chi connectivity index (χ1v) is 11.7. The molecule has 1 N–H and O–H groups in total. The molecule has 1 aliphatic carbocycles. The standard InChI is InChI=1S/C22H33NO5S/c1-2-15-28-22(27)20-16-11-9-7-5-3-4-6-8-10-12-17(16)29-21(20)23-18(24)13-14-19(25)26/h2-15H2,1H3,(H,23,24)(H,25,26)/p-1. The van der Waals surface area contributed by atoms with Crippen molar-refractivity contribution in [1.29, 1.82) is 0 Å². The summed E-state index contributed by atoms with van der Waals surface area (Å²) in [5.74, 6) is -2.08. The summed E-state index contributed by atoms with van der Waals surface area (Å²) >= 11 is 1.44. The Morgan fingerprint density at radius 1 is 0.966 bits per heavy atom. The summed E-state index contributed by atoms with van der Waals surface area (Å²) in [4.78, 5) is 36.8. The van der Waals surface area contributed by atoms with Crippen LogP contribution in [-0.2, 0) is 27.2 Å². The van der Waals surface area contributed by atoms with Gasteiger partial charge in [0, 0.05) is 17.3 Å². The molecule has 7 heteroatoms. The Bertz CT molecular complexity index is 698. The molecular formula is C22H32NO5S-. The van der Waals surface area contributed by atoms with Gasteiger partial charge in [0.2, 0.25) is 5.91 Å². The zero-order valence-electron chi connectivity index (χ0n) is 17.3. The third-order valence-corrected chi connectivity index (χ3v) is 6.33. The first kappa shape index (κ1) is 23.4. The molecule has 1 aliphatic rings. The van der Waals surface area contributed by atoms with E-state index in [-0.39, 0.29) is 12.8 Å². The highest BCUT2D eigenvalue weighted by atomic mass is 32.1. The van der Waals surface area contributed by atoms with E-state index in [1.165, 1.54) is 43.4 Å². The van der Waals surface area contributed by atoms with Crippen molar-refractivity contribution in [3.05, 3.63) is 16.0 Å². The zero-order chi connectivity index (χ0) is 21.1. The number of rotatable bonds is 7. The van der Waals surface area contributed by atoms with Crippen LogP contribution in [0.25, 0.3) is 0 Å². The van der Waals surface area contributed by atoms with E-state index in [0.717, 1.165) is 49.0 Å². The number of nitrogens with one attached hydrogen (secondary N) is 1. The normalized spacial score (nSPS) is 15.5. The summed E-state index contributed by atoms with van der Waals surface area (Å²) < 4.78 is 5.41. The molecule has 2 rings (SSSR count). The monoisotopic (exact) mass is 422 g/mol. The predicted octanol–water partition coefficient (Wildman–Crippen LogP) is 4.00. The van der Waals surface area contributed by atoms with Crippen molar-refractivity contribution in [2.24, 2.45) is 0 Å². The van der Waals surface area contributed by atoms with E-state index in [1.807, 2.05) is 6.92 Å². The van der Waals surface area contributed by atoms with E-state index >= 15 is 0 Å². The van der Waals surface area contributed by atoms with E-state index in [1.54, 1.807) is 0 Å². The smallest absolute Gasteiger partial charge is 0.341 e. The summed E-state index contributed by atoms with van der Waals surface area (Å²) in [5.41, 5.74) is 1.48. The number of anilines is 1. The van der Waals surface area contributed by atoms with Crippen molar-refractivity contribution in [2.75, 3.05) is 11.9 Å². The third kappa shape index (κ3) is 7.80. The quantitative estimate of drug-likeness (QED) is 0.670. The molecule has 6 nitrogen and oxygen atoms in total. The first-order valence-electron chi connectivity index (χ1n) is 10.8. The maximum absolute atomic E-state index is 12.8. The number of fused-ring (bicyclic) bond motifs is 1. The molecule has 0 saturated heterocycles. The van der Waals surface area contributed by atoms with Gasteiger partial charge in [-0.2, -0.15) is 0 Å². The number of ether oxygens (including phenoxy) is 1. The Hall–Kier alpha value is -1.89. The van der Waals surface area contributed by atoms with Crippen LogP contribution >= 0.6 is 11.3 Å². The fourth-order valence-electron chi connectivity index (χ4n) is 3.60. The van der Waals surface area contributed by atoms with Gasteiger partial charge in [0.1, 0.15) is 5.00 Å². The van der Waals surface area contributed by atoms with Gasteiger partial charge in [-0.3, -0.25) is 4.79 Å². The first-order chi connectivity index (χ1) is 14.0. The maximum Gasteiger partial charge on any atom is 0.341 e. The van der Waals surface area contributed by atoms with Crippen LogP contribution < -0.4 is 10.4 Å². The predicted molar refractivity (Wildman–Crippen MR) is 112 cm³/mol. The highest BCUT2D eigenvalue weighted by Crippen LogP contribution is 2.37. The molecule has 0 aromatic carbocycles. The molecule has 162 valence electrons. The lowest BCUT2D eigenvalue weighted by Gasteiger charge is -2.11. The summed E-state index contributed by atoms with van der Waals surface area (Å²) in [7, 11) is 0. The number of carboxylic acid groups (broad SMARTS) is 1. The largest absolute Gasteiger partial charge is 0.550 e. The van der Waals surface area contributed by atoms with E-state index in [2.05, 4.69) is 5.32 Å². The van der Waals surface area contributed by atoms with Crippen LogP contribution in [0.15, 0.2) is 0 Å². The maximum atomic E-state index is 12.8. The van der Waals surface area contributed by atoms with Crippen LogP contribution in [0, 0.1) is 0 Å². The van der Waals surface area contributed by atoms with Gasteiger partial charge in [-0.1, -0.05) is 45.4 Å². The summed E-state index contributed by atoms with van der Waals surface area (Å²) in [6.45, 7) is 2.27. The van der Waals surface area contributed by atoms with E-state index in [4.69, 9.17) is 4.74 Å². The highest BCUT2D eigenvalue weighted by Gasteiger charge is 2.25. The molecular weight excluding hydrogens is 390 g/mol. The number of thiophene rings is 1. The lowest BCUT2D eigenvalue weighted by Crippen LogP contribution is -2.24. The fourth-order valence-corrected chi connectivity index (χ4v) is 4.90. The number of esters is 1. The molecule has 0 saturated carbocycles. The zero-order valence-corrected chi connectivity index (χ0v) is 18.2. The van der Waals surface area contributed by atoms with Crippen molar-refractivity contribution in [1.82, 2.24) is 0 Å². The fraction of sp³-hybridized carbons (Fsp3) is 0.682. The summed E-state index contributed by atoms with van der Waals surface area (Å²) in [6, 6.07) is 0. The van der Waals surface area contributed by atoms with E-state index < -0.39 is 17.8 Å². The molecule has 0 bridgehead atoms. The SMILES string of the molecule is CCCOC(=O)c1c(NC(=O)CCC(=O)[O-])sc2c1CCCCCCCCCC2. The van der Waals surface area contributed by atoms with Crippen molar-refractivity contribution >= 4 is 34.2 Å². The average molecular weight is 423 g/mol. The third-order valence-electron chi connectivity index (χ3n) is 5.12. The van der Waals surface area contributed by atoms with Gasteiger partial charge in [0.25, 0.3) is 0 Å². The van der Waals surface area contributed by atoms with Crippen LogP contribution in [0.2, 0.25) is 0 Å². The van der Waals surface area contributed by atoms with E-state index in [9.17, 15) is 19.5 Å².